The van der Waals surface area contributed by atoms with E-state index in [4.69, 9.17) is 10.5 Å². The van der Waals surface area contributed by atoms with E-state index in [-0.39, 0.29) is 23.7 Å². The highest BCUT2D eigenvalue weighted by atomic mass is 16.5. The number of pyridine rings is 1. The van der Waals surface area contributed by atoms with Crippen LogP contribution in [-0.4, -0.2) is 49.5 Å². The number of carbonyl (C=O) groups excluding carboxylic acids is 1. The van der Waals surface area contributed by atoms with Crippen LogP contribution in [0.5, 0.6) is 5.88 Å². The summed E-state index contributed by atoms with van der Waals surface area (Å²) in [7, 11) is 3.02. The molecule has 0 unspecified atom stereocenters. The highest BCUT2D eigenvalue weighted by molar-refractivity contribution is 6.01. The van der Waals surface area contributed by atoms with Crippen molar-refractivity contribution < 1.29 is 19.4 Å². The van der Waals surface area contributed by atoms with E-state index in [1.807, 2.05) is 18.2 Å². The molecule has 0 saturated heterocycles. The van der Waals surface area contributed by atoms with E-state index < -0.39 is 5.97 Å². The summed E-state index contributed by atoms with van der Waals surface area (Å²) in [5.41, 5.74) is 10.7. The Hall–Kier alpha value is -4.24. The molecule has 0 fully saturated rings. The van der Waals surface area contributed by atoms with E-state index in [0.29, 0.717) is 46.6 Å². The number of carboxylic acids is 1. The number of carboxylic acid groups (broad SMARTS) is 1. The number of anilines is 1. The third-order valence-corrected chi connectivity index (χ3v) is 5.36. The number of hydrogen-bond donors (Lipinski definition) is 4. The standard InChI is InChI=1S/C25H27N5O4.C5H12/c1-27-21-10-5-15(12-22(21)29-14-26)4-9-20-18(8-11-23(30-20)34-3)17-7-6-16(24(31)28-2)13-19(17)25(32)33;1-5(2,3)4/h5-8,10-13,29H,1,4,9,14,26H2,2-3H3,(H,28,31)(H,32,33);1-4H3. The Balaban J connectivity index is 0.000000976. The zero-order chi connectivity index (χ0) is 29.2. The molecule has 39 heavy (non-hydrogen) atoms. The second-order valence-electron chi connectivity index (χ2n) is 10.4. The van der Waals surface area contributed by atoms with Crippen LogP contribution in [0.3, 0.4) is 0 Å². The fraction of sp³-hybridized carbons (Fsp3) is 0.333. The van der Waals surface area contributed by atoms with Crippen molar-refractivity contribution in [2.24, 2.45) is 16.1 Å². The fourth-order valence-corrected chi connectivity index (χ4v) is 3.66. The number of aromatic carboxylic acids is 1. The SMILES string of the molecule is C=Nc1ccc(CCc2nc(OC)ccc2-c2ccc(C(=O)NC)cc2C(=O)O)cc1NCN.CC(C)(C)C. The average molecular weight is 534 g/mol. The molecular formula is C30H39N5O4. The third kappa shape index (κ3) is 9.22. The number of rotatable bonds is 10. The van der Waals surface area contributed by atoms with Gasteiger partial charge in [-0.05, 0) is 66.4 Å². The number of benzene rings is 2. The molecule has 0 spiro atoms. The van der Waals surface area contributed by atoms with E-state index >= 15 is 0 Å². The summed E-state index contributed by atoms with van der Waals surface area (Å²) in [6, 6.07) is 13.8. The normalized spacial score (nSPS) is 10.6. The number of hydrogen-bond acceptors (Lipinski definition) is 7. The molecule has 0 aliphatic rings. The molecule has 9 heteroatoms. The predicted octanol–water partition coefficient (Wildman–Crippen LogP) is 5.31. The summed E-state index contributed by atoms with van der Waals surface area (Å²) >= 11 is 0. The van der Waals surface area contributed by atoms with Crippen molar-refractivity contribution in [2.75, 3.05) is 26.1 Å². The maximum Gasteiger partial charge on any atom is 0.336 e. The van der Waals surface area contributed by atoms with Crippen molar-refractivity contribution >= 4 is 30.0 Å². The van der Waals surface area contributed by atoms with Gasteiger partial charge in [0.15, 0.2) is 0 Å². The van der Waals surface area contributed by atoms with Crippen LogP contribution in [0.25, 0.3) is 11.1 Å². The predicted molar refractivity (Wildman–Crippen MR) is 157 cm³/mol. The number of aromatic nitrogens is 1. The van der Waals surface area contributed by atoms with E-state index in [0.717, 1.165) is 11.3 Å². The summed E-state index contributed by atoms with van der Waals surface area (Å²) in [4.78, 5) is 32.6. The number of ether oxygens (including phenoxy) is 1. The number of nitrogens with two attached hydrogens (primary N) is 1. The molecule has 1 aromatic heterocycles. The van der Waals surface area contributed by atoms with Gasteiger partial charge in [-0.25, -0.2) is 9.78 Å². The van der Waals surface area contributed by atoms with Gasteiger partial charge in [-0.15, -0.1) is 0 Å². The highest BCUT2D eigenvalue weighted by Crippen LogP contribution is 2.31. The lowest BCUT2D eigenvalue weighted by Crippen LogP contribution is -2.18. The van der Waals surface area contributed by atoms with Gasteiger partial charge in [0.2, 0.25) is 5.88 Å². The van der Waals surface area contributed by atoms with Crippen molar-refractivity contribution in [3.8, 4) is 17.0 Å². The number of nitrogens with one attached hydrogen (secondary N) is 2. The Labute approximate surface area is 230 Å². The summed E-state index contributed by atoms with van der Waals surface area (Å²) < 4.78 is 5.30. The number of amides is 1. The first-order valence-electron chi connectivity index (χ1n) is 12.6. The van der Waals surface area contributed by atoms with Gasteiger partial charge in [0.1, 0.15) is 0 Å². The monoisotopic (exact) mass is 533 g/mol. The molecule has 0 saturated carbocycles. The van der Waals surface area contributed by atoms with Crippen molar-refractivity contribution in [1.82, 2.24) is 10.3 Å². The zero-order valence-electron chi connectivity index (χ0n) is 23.6. The second kappa shape index (κ2) is 14.1. The molecule has 2 aromatic carbocycles. The van der Waals surface area contributed by atoms with Gasteiger partial charge in [-0.2, -0.15) is 0 Å². The summed E-state index contributed by atoms with van der Waals surface area (Å²) in [5.74, 6) is -1.07. The lowest BCUT2D eigenvalue weighted by Gasteiger charge is -2.14. The minimum atomic E-state index is -1.13. The van der Waals surface area contributed by atoms with Crippen LogP contribution >= 0.6 is 0 Å². The average Bonchev–Trinajstić information content (AvgIpc) is 2.90. The lowest BCUT2D eigenvalue weighted by molar-refractivity contribution is 0.0697. The lowest BCUT2D eigenvalue weighted by atomic mass is 9.94. The van der Waals surface area contributed by atoms with Crippen molar-refractivity contribution in [2.45, 2.75) is 40.5 Å². The van der Waals surface area contributed by atoms with E-state index in [9.17, 15) is 14.7 Å². The van der Waals surface area contributed by atoms with Crippen LogP contribution in [0, 0.1) is 5.41 Å². The molecule has 0 atom stereocenters. The Morgan fingerprint density at radius 3 is 2.28 bits per heavy atom. The smallest absolute Gasteiger partial charge is 0.336 e. The third-order valence-electron chi connectivity index (χ3n) is 5.36. The fourth-order valence-electron chi connectivity index (χ4n) is 3.66. The van der Waals surface area contributed by atoms with Crippen LogP contribution in [0.15, 0.2) is 53.5 Å². The molecule has 208 valence electrons. The molecule has 1 amide bonds. The molecule has 0 bridgehead atoms. The number of aryl methyl sites for hydroxylation is 2. The van der Waals surface area contributed by atoms with Gasteiger partial charge in [0.25, 0.3) is 5.91 Å². The van der Waals surface area contributed by atoms with Crippen LogP contribution in [0.4, 0.5) is 11.4 Å². The number of carbonyl (C=O) groups is 2. The first kappa shape index (κ1) is 31.0. The van der Waals surface area contributed by atoms with Crippen LogP contribution in [-0.2, 0) is 12.8 Å². The molecule has 3 aromatic rings. The molecule has 9 nitrogen and oxygen atoms in total. The van der Waals surface area contributed by atoms with Crippen LogP contribution in [0.2, 0.25) is 0 Å². The van der Waals surface area contributed by atoms with E-state index in [1.54, 1.807) is 24.3 Å². The van der Waals surface area contributed by atoms with Gasteiger partial charge in [0.05, 0.1) is 36.4 Å². The minimum absolute atomic E-state index is 0.0187. The Bertz CT molecular complexity index is 1310. The quantitative estimate of drug-likeness (QED) is 0.204. The molecule has 3 rings (SSSR count). The van der Waals surface area contributed by atoms with Gasteiger partial charge in [-0.3, -0.25) is 9.79 Å². The zero-order valence-corrected chi connectivity index (χ0v) is 23.6. The highest BCUT2D eigenvalue weighted by Gasteiger charge is 2.19. The summed E-state index contributed by atoms with van der Waals surface area (Å²) in [6.07, 6.45) is 1.15. The molecule has 1 heterocycles. The van der Waals surface area contributed by atoms with Crippen molar-refractivity contribution in [3.63, 3.8) is 0 Å². The topological polar surface area (TPSA) is 139 Å². The van der Waals surface area contributed by atoms with E-state index in [1.165, 1.54) is 20.2 Å². The van der Waals surface area contributed by atoms with E-state index in [2.05, 4.69) is 55.0 Å². The Kier molecular flexibility index (Phi) is 11.2. The first-order chi connectivity index (χ1) is 18.4. The maximum atomic E-state index is 12.0. The largest absolute Gasteiger partial charge is 0.481 e. The summed E-state index contributed by atoms with van der Waals surface area (Å²) in [5, 5.41) is 15.4. The van der Waals surface area contributed by atoms with Gasteiger partial charge in [-0.1, -0.05) is 39.8 Å². The maximum absolute atomic E-state index is 12.0. The first-order valence-corrected chi connectivity index (χ1v) is 12.6. The molecule has 5 N–H and O–H groups in total. The Morgan fingerprint density at radius 1 is 1.05 bits per heavy atom. The van der Waals surface area contributed by atoms with Gasteiger partial charge in [0, 0.05) is 24.2 Å². The molecular weight excluding hydrogens is 494 g/mol. The van der Waals surface area contributed by atoms with Gasteiger partial charge >= 0.3 is 5.97 Å². The molecule has 0 aliphatic heterocycles. The van der Waals surface area contributed by atoms with Crippen molar-refractivity contribution in [3.05, 3.63) is 70.9 Å². The van der Waals surface area contributed by atoms with Crippen LogP contribution < -0.4 is 21.1 Å². The van der Waals surface area contributed by atoms with Gasteiger partial charge < -0.3 is 26.2 Å². The minimum Gasteiger partial charge on any atom is -0.481 e. The summed E-state index contributed by atoms with van der Waals surface area (Å²) in [6.45, 7) is 12.6. The number of nitrogens with zero attached hydrogens (tertiary/aromatic N) is 2. The number of aliphatic imine (C=N–C) groups is 1. The number of methoxy groups -OCH3 is 1. The molecule has 0 radical (unpaired) electrons. The Morgan fingerprint density at radius 2 is 1.72 bits per heavy atom. The molecule has 0 aliphatic carbocycles. The second-order valence-corrected chi connectivity index (χ2v) is 10.4. The van der Waals surface area contributed by atoms with Crippen LogP contribution in [0.1, 0.15) is 59.7 Å². The van der Waals surface area contributed by atoms with Crippen molar-refractivity contribution in [1.29, 1.82) is 0 Å².